The Morgan fingerprint density at radius 2 is 1.17 bits per heavy atom. The quantitative estimate of drug-likeness (QED) is 0.408. The molecule has 0 aliphatic heterocycles. The maximum absolute atomic E-state index is 0. The Kier molecular flexibility index (Phi) is 409. The average Bonchev–Trinajstić information content (AvgIpc) is 0. The molecule has 0 aliphatic carbocycles. The third-order valence-electron chi connectivity index (χ3n) is 0. The minimum absolute atomic E-state index is 0. The Balaban J connectivity index is 0. The van der Waals surface area contributed by atoms with E-state index in [0.717, 1.165) is 0 Å². The molecule has 0 amide bonds. The van der Waals surface area contributed by atoms with E-state index in [0.29, 0.717) is 0 Å². The molecule has 0 atom stereocenters. The van der Waals surface area contributed by atoms with Crippen molar-refractivity contribution in [2.45, 2.75) is 0 Å². The van der Waals surface area contributed by atoms with Crippen LogP contribution in [-0.4, -0.2) is 51.4 Å². The molecular formula is H9AlFeMgNiSiTi. The predicted octanol–water partition coefficient (Wildman–Crippen LogP) is -2.80. The summed E-state index contributed by atoms with van der Waals surface area (Å²) in [6.45, 7) is 0. The molecule has 6 heteroatoms. The zero-order chi connectivity index (χ0) is 0. The Morgan fingerprint density at radius 1 is 1.17 bits per heavy atom. The van der Waals surface area contributed by atoms with E-state index in [9.17, 15) is 0 Å². The van der Waals surface area contributed by atoms with Gasteiger partial charge < -0.3 is 2.85 Å². The van der Waals surface area contributed by atoms with Gasteiger partial charge in [0.05, 0.1) is 0 Å². The van der Waals surface area contributed by atoms with Crippen molar-refractivity contribution in [3.63, 3.8) is 0 Å². The maximum Gasteiger partial charge on any atom is 2.00 e. The van der Waals surface area contributed by atoms with Crippen molar-refractivity contribution in [3.05, 3.63) is 0 Å². The van der Waals surface area contributed by atoms with E-state index in [-0.39, 0.29) is 110 Å². The average molecular weight is 251 g/mol. The largest absolute Gasteiger partial charge is 2.00 e. The molecule has 0 aliphatic rings. The summed E-state index contributed by atoms with van der Waals surface area (Å²) < 4.78 is 0. The van der Waals surface area contributed by atoms with Gasteiger partial charge in [0.15, 0.2) is 17.4 Å². The fourth-order valence-corrected chi connectivity index (χ4v) is 0. The molecule has 0 aromatic heterocycles. The van der Waals surface area contributed by atoms with Crippen LogP contribution >= 0.6 is 0 Å². The predicted molar refractivity (Wildman–Crippen MR) is 29.3 cm³/mol. The van der Waals surface area contributed by atoms with Crippen molar-refractivity contribution < 1.29 is 58.1 Å². The molecule has 0 unspecified atom stereocenters. The molecule has 0 nitrogen and oxygen atoms in total. The van der Waals surface area contributed by atoms with Crippen LogP contribution in [0.15, 0.2) is 0 Å². The van der Waals surface area contributed by atoms with Crippen molar-refractivity contribution in [2.75, 3.05) is 0 Å². The molecular weight excluding hydrogens is 242 g/mol. The molecule has 0 saturated heterocycles. The van der Waals surface area contributed by atoms with E-state index in [1.807, 2.05) is 0 Å². The molecule has 0 radical (unpaired) electrons. The first kappa shape index (κ1) is 59.7. The van der Waals surface area contributed by atoms with Gasteiger partial charge in [0.25, 0.3) is 0 Å². The molecule has 0 aromatic rings. The van der Waals surface area contributed by atoms with Crippen molar-refractivity contribution in [3.8, 4) is 0 Å². The molecule has 0 fully saturated rings. The van der Waals surface area contributed by atoms with Crippen LogP contribution in [0.5, 0.6) is 0 Å². The van der Waals surface area contributed by atoms with Crippen LogP contribution in [0.25, 0.3) is 0 Å². The Morgan fingerprint density at radius 3 is 1.17 bits per heavy atom. The molecule has 0 spiro atoms. The monoisotopic (exact) mass is 250 g/mol. The van der Waals surface area contributed by atoms with Gasteiger partial charge in [-0.05, 0) is 11.0 Å². The van der Waals surface area contributed by atoms with E-state index >= 15 is 0 Å². The summed E-state index contributed by atoms with van der Waals surface area (Å²) in [4.78, 5) is 0. The first-order valence-corrected chi connectivity index (χ1v) is 0. The van der Waals surface area contributed by atoms with Crippen LogP contribution < -0.4 is 0 Å². The van der Waals surface area contributed by atoms with Crippen LogP contribution in [0.4, 0.5) is 0 Å². The summed E-state index contributed by atoms with van der Waals surface area (Å²) in [5, 5.41) is 0. The van der Waals surface area contributed by atoms with Gasteiger partial charge in [-0.15, -0.1) is 0 Å². The third-order valence-corrected chi connectivity index (χ3v) is 0. The van der Waals surface area contributed by atoms with Gasteiger partial charge in [-0.2, -0.15) is 0 Å². The molecule has 6 heavy (non-hydrogen) atoms. The van der Waals surface area contributed by atoms with Crippen LogP contribution in [0, 0.1) is 0 Å². The molecule has 0 rings (SSSR count). The van der Waals surface area contributed by atoms with E-state index in [1.54, 1.807) is 0 Å². The molecule has 0 heterocycles. The van der Waals surface area contributed by atoms with E-state index in [1.165, 1.54) is 0 Å². The van der Waals surface area contributed by atoms with Gasteiger partial charge in [-0.1, -0.05) is 0 Å². The molecule has 0 bridgehead atoms. The third kappa shape index (κ3) is 26.8. The smallest absolute Gasteiger partial charge is 1.00 e. The number of hydrogen-bond donors (Lipinski definition) is 0. The van der Waals surface area contributed by atoms with Gasteiger partial charge >= 0.3 is 23.1 Å². The van der Waals surface area contributed by atoms with Gasteiger partial charge in [-0.25, -0.2) is 0 Å². The van der Waals surface area contributed by atoms with Crippen LogP contribution in [-0.2, 0) is 55.3 Å². The summed E-state index contributed by atoms with van der Waals surface area (Å²) in [5.41, 5.74) is 0. The Labute approximate surface area is 108 Å². The van der Waals surface area contributed by atoms with Crippen molar-refractivity contribution in [1.29, 1.82) is 0 Å². The second-order valence-electron chi connectivity index (χ2n) is 0. The second-order valence-corrected chi connectivity index (χ2v) is 0. The summed E-state index contributed by atoms with van der Waals surface area (Å²) in [5.74, 6) is 0. The van der Waals surface area contributed by atoms with E-state index < -0.39 is 0 Å². The van der Waals surface area contributed by atoms with Gasteiger partial charge in [0.2, 0.25) is 0 Å². The van der Waals surface area contributed by atoms with Crippen molar-refractivity contribution >= 4 is 51.4 Å². The molecule has 0 aromatic carbocycles. The Hall–Kier alpha value is 3.24. The van der Waals surface area contributed by atoms with Gasteiger partial charge in [0, 0.05) is 55.3 Å². The minimum Gasteiger partial charge on any atom is -1.00 e. The molecule has 40 valence electrons. The van der Waals surface area contributed by atoms with Gasteiger partial charge in [-0.3, -0.25) is 0 Å². The zero-order valence-electron chi connectivity index (χ0n) is 3.88. The SMILES string of the molecule is [AlH3].[Fe].[H-].[H-].[Mg+2].[Ni].[SiH4].[Ti]. The summed E-state index contributed by atoms with van der Waals surface area (Å²) in [7, 11) is 0. The summed E-state index contributed by atoms with van der Waals surface area (Å²) in [6.07, 6.45) is 0. The van der Waals surface area contributed by atoms with Crippen LogP contribution in [0.3, 0.4) is 0 Å². The standard InChI is InChI=1S/Al.Fe.Mg.Ni.H4Si.Ti.5H/h;;;;1H4;;;;;;/q;;+2;;;;;;;2*-1. The fourth-order valence-electron chi connectivity index (χ4n) is 0. The van der Waals surface area contributed by atoms with Crippen LogP contribution in [0.2, 0.25) is 0 Å². The maximum atomic E-state index is 0. The fraction of sp³-hybridized carbons (Fsp3) is 0. The summed E-state index contributed by atoms with van der Waals surface area (Å²) >= 11 is 0. The molecule has 0 saturated carbocycles. The minimum atomic E-state index is 0. The molecule has 0 N–H and O–H groups in total. The first-order valence-electron chi connectivity index (χ1n) is 0. The topological polar surface area (TPSA) is 0 Å². The van der Waals surface area contributed by atoms with Crippen LogP contribution in [0.1, 0.15) is 2.85 Å². The second kappa shape index (κ2) is 41.1. The van der Waals surface area contributed by atoms with Crippen molar-refractivity contribution in [1.82, 2.24) is 0 Å². The zero-order valence-corrected chi connectivity index (χ0v) is 6.94. The Bertz CT molecular complexity index is 22.0. The number of hydrogen-bond acceptors (Lipinski definition) is 0. The first-order chi connectivity index (χ1) is 0. The van der Waals surface area contributed by atoms with Gasteiger partial charge in [0.1, 0.15) is 0 Å². The van der Waals surface area contributed by atoms with E-state index in [2.05, 4.69) is 0 Å². The summed E-state index contributed by atoms with van der Waals surface area (Å²) in [6, 6.07) is 0. The number of rotatable bonds is 0. The van der Waals surface area contributed by atoms with Crippen molar-refractivity contribution in [2.24, 2.45) is 0 Å². The normalized spacial score (nSPS) is 0. The van der Waals surface area contributed by atoms with E-state index in [4.69, 9.17) is 0 Å².